The van der Waals surface area contributed by atoms with Crippen LogP contribution in [0.4, 0.5) is 11.5 Å². The van der Waals surface area contributed by atoms with Gasteiger partial charge >= 0.3 is 0 Å². The second-order valence-electron chi connectivity index (χ2n) is 9.26. The van der Waals surface area contributed by atoms with Crippen molar-refractivity contribution in [2.24, 2.45) is 0 Å². The topological polar surface area (TPSA) is 93.0 Å². The maximum Gasteiger partial charge on any atom is 0.287 e. The van der Waals surface area contributed by atoms with Crippen LogP contribution in [0, 0.1) is 0 Å². The van der Waals surface area contributed by atoms with Crippen LogP contribution < -0.4 is 15.1 Å². The first-order chi connectivity index (χ1) is 18.6. The number of methoxy groups -OCH3 is 1. The Bertz CT molecular complexity index is 1230. The fourth-order valence-electron chi connectivity index (χ4n) is 4.60. The molecule has 1 amide bonds. The highest BCUT2D eigenvalue weighted by Crippen LogP contribution is 2.28. The summed E-state index contributed by atoms with van der Waals surface area (Å²) in [6, 6.07) is 13.5. The minimum absolute atomic E-state index is 0.0915. The zero-order valence-corrected chi connectivity index (χ0v) is 23.0. The normalized spacial score (nSPS) is 17.7. The van der Waals surface area contributed by atoms with Crippen molar-refractivity contribution in [1.29, 1.82) is 0 Å². The van der Waals surface area contributed by atoms with Crippen molar-refractivity contribution in [1.82, 2.24) is 15.3 Å². The molecule has 0 bridgehead atoms. The van der Waals surface area contributed by atoms with E-state index in [2.05, 4.69) is 26.2 Å². The SMILES string of the molecule is COCc1cc(N2CCN(c3ccccc3Cl)CC2)nc(SCc2ccc(C(=O)NCC3CCCO3)o2)n1. The number of benzene rings is 1. The fourth-order valence-corrected chi connectivity index (χ4v) is 5.63. The molecule has 0 aliphatic carbocycles. The van der Waals surface area contributed by atoms with Crippen LogP contribution in [0.5, 0.6) is 0 Å². The summed E-state index contributed by atoms with van der Waals surface area (Å²) in [4.78, 5) is 26.5. The first-order valence-electron chi connectivity index (χ1n) is 12.8. The molecule has 202 valence electrons. The van der Waals surface area contributed by atoms with Gasteiger partial charge in [-0.25, -0.2) is 9.97 Å². The summed E-state index contributed by atoms with van der Waals surface area (Å²) in [6.07, 6.45) is 2.10. The van der Waals surface area contributed by atoms with Crippen LogP contribution in [-0.2, 0) is 21.8 Å². The number of halogens is 1. The monoisotopic (exact) mass is 557 g/mol. The van der Waals surface area contributed by atoms with E-state index in [1.165, 1.54) is 11.8 Å². The third-order valence-corrected chi connectivity index (χ3v) is 7.77. The maximum atomic E-state index is 12.4. The van der Waals surface area contributed by atoms with Gasteiger partial charge in [0.2, 0.25) is 0 Å². The Balaban J connectivity index is 1.19. The number of carbonyl (C=O) groups excluding carboxylic acids is 1. The van der Waals surface area contributed by atoms with Crippen LogP contribution in [-0.4, -0.2) is 68.4 Å². The minimum atomic E-state index is -0.228. The Labute approximate surface area is 231 Å². The summed E-state index contributed by atoms with van der Waals surface area (Å²) < 4.78 is 16.7. The highest BCUT2D eigenvalue weighted by atomic mass is 35.5. The zero-order chi connectivity index (χ0) is 26.3. The molecular formula is C27H32ClN5O4S. The number of piperazine rings is 1. The lowest BCUT2D eigenvalue weighted by atomic mass is 10.2. The molecule has 1 atom stereocenters. The van der Waals surface area contributed by atoms with E-state index in [4.69, 9.17) is 30.5 Å². The lowest BCUT2D eigenvalue weighted by Crippen LogP contribution is -2.47. The highest BCUT2D eigenvalue weighted by molar-refractivity contribution is 7.98. The number of aromatic nitrogens is 2. The van der Waals surface area contributed by atoms with Crippen molar-refractivity contribution >= 4 is 40.8 Å². The van der Waals surface area contributed by atoms with Gasteiger partial charge in [0.15, 0.2) is 10.9 Å². The van der Waals surface area contributed by atoms with E-state index >= 15 is 0 Å². The third-order valence-electron chi connectivity index (χ3n) is 6.58. The molecular weight excluding hydrogens is 526 g/mol. The van der Waals surface area contributed by atoms with Gasteiger partial charge in [0.1, 0.15) is 11.6 Å². The smallest absolute Gasteiger partial charge is 0.287 e. The summed E-state index contributed by atoms with van der Waals surface area (Å²) in [5.41, 5.74) is 1.88. The predicted octanol–water partition coefficient (Wildman–Crippen LogP) is 4.40. The average molecular weight is 558 g/mol. The number of ether oxygens (including phenoxy) is 2. The van der Waals surface area contributed by atoms with Crippen LogP contribution in [0.3, 0.4) is 0 Å². The van der Waals surface area contributed by atoms with E-state index < -0.39 is 0 Å². The third kappa shape index (κ3) is 6.79. The largest absolute Gasteiger partial charge is 0.455 e. The first-order valence-corrected chi connectivity index (χ1v) is 14.2. The van der Waals surface area contributed by atoms with Crippen molar-refractivity contribution in [3.63, 3.8) is 0 Å². The highest BCUT2D eigenvalue weighted by Gasteiger charge is 2.22. The molecule has 0 saturated carbocycles. The van der Waals surface area contributed by atoms with Crippen molar-refractivity contribution < 1.29 is 18.7 Å². The standard InChI is InChI=1S/C27H32ClN5O4S/c1-35-17-19-15-25(33-12-10-32(11-13-33)23-7-3-2-6-22(23)28)31-27(30-19)38-18-21-8-9-24(37-21)26(34)29-16-20-5-4-14-36-20/h2-3,6-9,15,20H,4-5,10-14,16-18H2,1H3,(H,29,34). The number of para-hydroxylation sites is 1. The molecule has 2 aliphatic rings. The van der Waals surface area contributed by atoms with Gasteiger partial charge in [-0.05, 0) is 37.1 Å². The Kier molecular flexibility index (Phi) is 9.06. The van der Waals surface area contributed by atoms with Gasteiger partial charge in [-0.15, -0.1) is 0 Å². The number of rotatable bonds is 10. The van der Waals surface area contributed by atoms with Crippen molar-refractivity contribution in [3.8, 4) is 0 Å². The molecule has 2 aromatic heterocycles. The molecule has 0 spiro atoms. The zero-order valence-electron chi connectivity index (χ0n) is 21.4. The van der Waals surface area contributed by atoms with Crippen LogP contribution in [0.25, 0.3) is 0 Å². The van der Waals surface area contributed by atoms with E-state index in [9.17, 15) is 4.79 Å². The Hall–Kier alpha value is -2.79. The fraction of sp³-hybridized carbons (Fsp3) is 0.444. The number of nitrogens with zero attached hydrogens (tertiary/aromatic N) is 4. The molecule has 2 aliphatic heterocycles. The van der Waals surface area contributed by atoms with Gasteiger partial charge in [-0.1, -0.05) is 35.5 Å². The quantitative estimate of drug-likeness (QED) is 0.287. The lowest BCUT2D eigenvalue weighted by Gasteiger charge is -2.37. The molecule has 3 aromatic rings. The molecule has 5 rings (SSSR count). The lowest BCUT2D eigenvalue weighted by molar-refractivity contribution is 0.0834. The van der Waals surface area contributed by atoms with Crippen LogP contribution in [0.15, 0.2) is 52.0 Å². The summed E-state index contributed by atoms with van der Waals surface area (Å²) in [7, 11) is 1.66. The van der Waals surface area contributed by atoms with Crippen LogP contribution in [0.2, 0.25) is 5.02 Å². The molecule has 1 unspecified atom stereocenters. The van der Waals surface area contributed by atoms with Crippen molar-refractivity contribution in [3.05, 3.63) is 64.7 Å². The van der Waals surface area contributed by atoms with Gasteiger partial charge in [0.05, 0.1) is 34.9 Å². The minimum Gasteiger partial charge on any atom is -0.455 e. The number of hydrogen-bond donors (Lipinski definition) is 1. The second kappa shape index (κ2) is 12.8. The number of furan rings is 1. The first kappa shape index (κ1) is 26.8. The van der Waals surface area contributed by atoms with Gasteiger partial charge in [-0.3, -0.25) is 4.79 Å². The summed E-state index contributed by atoms with van der Waals surface area (Å²) in [6.45, 7) is 5.00. The summed E-state index contributed by atoms with van der Waals surface area (Å²) in [5, 5.41) is 4.30. The maximum absolute atomic E-state index is 12.4. The van der Waals surface area contributed by atoms with Gasteiger partial charge in [-0.2, -0.15) is 0 Å². The molecule has 4 heterocycles. The molecule has 2 saturated heterocycles. The molecule has 0 radical (unpaired) electrons. The molecule has 11 heteroatoms. The molecule has 38 heavy (non-hydrogen) atoms. The van der Waals surface area contributed by atoms with Gasteiger partial charge in [0, 0.05) is 52.5 Å². The Morgan fingerprint density at radius 2 is 1.97 bits per heavy atom. The number of hydrogen-bond acceptors (Lipinski definition) is 9. The van der Waals surface area contributed by atoms with Gasteiger partial charge in [0.25, 0.3) is 5.91 Å². The second-order valence-corrected chi connectivity index (χ2v) is 10.6. The number of nitrogens with one attached hydrogen (secondary N) is 1. The van der Waals surface area contributed by atoms with Crippen molar-refractivity contribution in [2.45, 2.75) is 36.5 Å². The van der Waals surface area contributed by atoms with E-state index in [0.29, 0.717) is 35.6 Å². The number of thioether (sulfide) groups is 1. The number of carbonyl (C=O) groups is 1. The van der Waals surface area contributed by atoms with Crippen molar-refractivity contribution in [2.75, 3.05) is 56.2 Å². The number of amides is 1. The van der Waals surface area contributed by atoms with E-state index in [1.54, 1.807) is 13.2 Å². The van der Waals surface area contributed by atoms with Crippen LogP contribution >= 0.6 is 23.4 Å². The molecule has 9 nitrogen and oxygen atoms in total. The predicted molar refractivity (Wildman–Crippen MR) is 148 cm³/mol. The summed E-state index contributed by atoms with van der Waals surface area (Å²) >= 11 is 7.88. The van der Waals surface area contributed by atoms with Gasteiger partial charge < -0.3 is 29.0 Å². The van der Waals surface area contributed by atoms with E-state index in [1.807, 2.05) is 30.3 Å². The van der Waals surface area contributed by atoms with Crippen LogP contribution in [0.1, 0.15) is 34.9 Å². The molecule has 1 aromatic carbocycles. The summed E-state index contributed by atoms with van der Waals surface area (Å²) in [5.74, 6) is 2.14. The molecule has 1 N–H and O–H groups in total. The Morgan fingerprint density at radius 3 is 2.74 bits per heavy atom. The van der Waals surface area contributed by atoms with E-state index in [0.717, 1.165) is 67.8 Å². The average Bonchev–Trinajstić information content (AvgIpc) is 3.64. The Morgan fingerprint density at radius 1 is 1.16 bits per heavy atom. The van der Waals surface area contributed by atoms with E-state index in [-0.39, 0.29) is 12.0 Å². The number of anilines is 2. The molecule has 2 fully saturated rings.